The first-order valence-corrected chi connectivity index (χ1v) is 6.54. The highest BCUT2D eigenvalue weighted by Crippen LogP contribution is 2.30. The van der Waals surface area contributed by atoms with Crippen LogP contribution in [0.4, 0.5) is 13.2 Å². The third-order valence-corrected chi connectivity index (χ3v) is 3.47. The van der Waals surface area contributed by atoms with Gasteiger partial charge in [0, 0.05) is 23.7 Å². The van der Waals surface area contributed by atoms with Crippen molar-refractivity contribution in [1.82, 2.24) is 14.6 Å². The Morgan fingerprint density at radius 3 is 2.45 bits per heavy atom. The number of benzene rings is 1. The first kappa shape index (κ1) is 14.4. The molecule has 3 aromatic rings. The average Bonchev–Trinajstić information content (AvgIpc) is 2.91. The Morgan fingerprint density at radius 1 is 1.14 bits per heavy atom. The molecule has 1 N–H and O–H groups in total. The molecule has 0 aliphatic carbocycles. The zero-order valence-corrected chi connectivity index (χ0v) is 11.6. The molecule has 0 spiro atoms. The molecule has 0 atom stereocenters. The molecule has 4 nitrogen and oxygen atoms in total. The van der Waals surface area contributed by atoms with Gasteiger partial charge in [-0.2, -0.15) is 22.8 Å². The number of fused-ring (bicyclic) bond motifs is 1. The largest absolute Gasteiger partial charge is 0.493 e. The number of hydrogen-bond acceptors (Lipinski definition) is 3. The summed E-state index contributed by atoms with van der Waals surface area (Å²) >= 11 is 0. The van der Waals surface area contributed by atoms with Gasteiger partial charge < -0.3 is 5.11 Å². The van der Waals surface area contributed by atoms with Gasteiger partial charge in [-0.05, 0) is 24.6 Å². The van der Waals surface area contributed by atoms with Crippen molar-refractivity contribution in [3.63, 3.8) is 0 Å². The summed E-state index contributed by atoms with van der Waals surface area (Å²) < 4.78 is 39.0. The van der Waals surface area contributed by atoms with Crippen molar-refractivity contribution in [2.45, 2.75) is 19.5 Å². The number of hydrogen-bond donors (Lipinski definition) is 1. The molecule has 0 aliphatic rings. The molecule has 0 saturated carbocycles. The lowest BCUT2D eigenvalue weighted by molar-refractivity contribution is -0.137. The molecule has 2 aromatic heterocycles. The van der Waals surface area contributed by atoms with Crippen molar-refractivity contribution < 1.29 is 18.3 Å². The first-order chi connectivity index (χ1) is 10.4. The quantitative estimate of drug-likeness (QED) is 0.790. The van der Waals surface area contributed by atoms with Crippen LogP contribution in [0, 0.1) is 6.92 Å². The predicted molar refractivity (Wildman–Crippen MR) is 73.6 cm³/mol. The maximum atomic E-state index is 12.6. The summed E-state index contributed by atoms with van der Waals surface area (Å²) in [6.07, 6.45) is -2.56. The van der Waals surface area contributed by atoms with Crippen LogP contribution in [0.3, 0.4) is 0 Å². The summed E-state index contributed by atoms with van der Waals surface area (Å²) in [6, 6.07) is 6.52. The molecule has 1 aromatic carbocycles. The van der Waals surface area contributed by atoms with Crippen LogP contribution in [0.2, 0.25) is 0 Å². The van der Waals surface area contributed by atoms with Crippen LogP contribution >= 0.6 is 0 Å². The number of alkyl halides is 3. The van der Waals surface area contributed by atoms with E-state index in [2.05, 4.69) is 10.1 Å². The Labute approximate surface area is 123 Å². The van der Waals surface area contributed by atoms with Crippen molar-refractivity contribution in [1.29, 1.82) is 0 Å². The molecule has 0 unspecified atom stereocenters. The highest BCUT2D eigenvalue weighted by atomic mass is 19.4. The monoisotopic (exact) mass is 307 g/mol. The van der Waals surface area contributed by atoms with E-state index in [9.17, 15) is 18.3 Å². The van der Waals surface area contributed by atoms with Gasteiger partial charge in [0.25, 0.3) is 0 Å². The van der Waals surface area contributed by atoms with Crippen molar-refractivity contribution in [3.05, 3.63) is 58.9 Å². The van der Waals surface area contributed by atoms with Crippen molar-refractivity contribution in [2.75, 3.05) is 0 Å². The van der Waals surface area contributed by atoms with E-state index in [1.54, 1.807) is 13.0 Å². The van der Waals surface area contributed by atoms with E-state index in [-0.39, 0.29) is 12.3 Å². The SMILES string of the molecule is Cc1nc2ccnn2c(O)c1Cc1ccc(C(F)(F)F)cc1. The molecule has 0 saturated heterocycles. The summed E-state index contributed by atoms with van der Waals surface area (Å²) in [4.78, 5) is 4.31. The fraction of sp³-hybridized carbons (Fsp3) is 0.200. The minimum atomic E-state index is -4.36. The third kappa shape index (κ3) is 2.49. The molecular formula is C15H12F3N3O. The summed E-state index contributed by atoms with van der Waals surface area (Å²) in [6.45, 7) is 1.74. The van der Waals surface area contributed by atoms with Gasteiger partial charge in [-0.15, -0.1) is 0 Å². The Balaban J connectivity index is 1.96. The molecule has 0 fully saturated rings. The summed E-state index contributed by atoms with van der Waals surface area (Å²) in [5, 5.41) is 14.2. The van der Waals surface area contributed by atoms with E-state index in [4.69, 9.17) is 0 Å². The van der Waals surface area contributed by atoms with Crippen LogP contribution in [0.1, 0.15) is 22.4 Å². The van der Waals surface area contributed by atoms with Gasteiger partial charge in [-0.25, -0.2) is 4.98 Å². The van der Waals surface area contributed by atoms with Gasteiger partial charge in [0.1, 0.15) is 0 Å². The standard InChI is InChI=1S/C15H12F3N3O/c1-9-12(14(22)21-13(20-9)6-7-19-21)8-10-2-4-11(5-3-10)15(16,17)18/h2-7,22H,8H2,1H3. The molecular weight excluding hydrogens is 295 g/mol. The van der Waals surface area contributed by atoms with Gasteiger partial charge in [-0.3, -0.25) is 0 Å². The highest BCUT2D eigenvalue weighted by molar-refractivity contribution is 5.46. The number of rotatable bonds is 2. The number of nitrogens with zero attached hydrogens (tertiary/aromatic N) is 3. The second-order valence-corrected chi connectivity index (χ2v) is 4.97. The molecule has 0 bridgehead atoms. The Bertz CT molecular complexity index is 822. The number of aromatic nitrogens is 3. The lowest BCUT2D eigenvalue weighted by Gasteiger charge is -2.11. The molecule has 0 radical (unpaired) electrons. The van der Waals surface area contributed by atoms with Crippen LogP contribution in [-0.4, -0.2) is 19.7 Å². The molecule has 114 valence electrons. The van der Waals surface area contributed by atoms with Gasteiger partial charge in [-0.1, -0.05) is 12.1 Å². The van der Waals surface area contributed by atoms with E-state index >= 15 is 0 Å². The van der Waals surface area contributed by atoms with Gasteiger partial charge in [0.15, 0.2) is 5.65 Å². The van der Waals surface area contributed by atoms with Crippen LogP contribution in [0.25, 0.3) is 5.65 Å². The van der Waals surface area contributed by atoms with Gasteiger partial charge in [0.2, 0.25) is 5.88 Å². The lowest BCUT2D eigenvalue weighted by atomic mass is 10.0. The summed E-state index contributed by atoms with van der Waals surface area (Å²) in [5.74, 6) is -0.0487. The highest BCUT2D eigenvalue weighted by Gasteiger charge is 2.30. The van der Waals surface area contributed by atoms with Crippen LogP contribution in [-0.2, 0) is 12.6 Å². The van der Waals surface area contributed by atoms with E-state index < -0.39 is 11.7 Å². The Kier molecular flexibility index (Phi) is 3.27. The van der Waals surface area contributed by atoms with Crippen LogP contribution in [0.15, 0.2) is 36.5 Å². The molecule has 7 heteroatoms. The normalized spacial score (nSPS) is 12.0. The smallest absolute Gasteiger partial charge is 0.416 e. The molecule has 0 aliphatic heterocycles. The second kappa shape index (κ2) is 5.01. The molecule has 3 rings (SSSR count). The summed E-state index contributed by atoms with van der Waals surface area (Å²) in [5.41, 5.74) is 1.63. The van der Waals surface area contributed by atoms with Crippen LogP contribution < -0.4 is 0 Å². The maximum absolute atomic E-state index is 12.6. The van der Waals surface area contributed by atoms with E-state index in [0.717, 1.165) is 12.1 Å². The number of halogens is 3. The van der Waals surface area contributed by atoms with Crippen molar-refractivity contribution in [3.8, 4) is 5.88 Å². The minimum absolute atomic E-state index is 0.0487. The molecule has 22 heavy (non-hydrogen) atoms. The zero-order chi connectivity index (χ0) is 15.9. The van der Waals surface area contributed by atoms with Crippen LogP contribution in [0.5, 0.6) is 5.88 Å². The fourth-order valence-electron chi connectivity index (χ4n) is 2.30. The minimum Gasteiger partial charge on any atom is -0.493 e. The van der Waals surface area contributed by atoms with E-state index in [1.165, 1.54) is 22.8 Å². The first-order valence-electron chi connectivity index (χ1n) is 6.54. The number of aryl methyl sites for hydroxylation is 1. The predicted octanol–water partition coefficient (Wildman–Crippen LogP) is 3.35. The van der Waals surface area contributed by atoms with Crippen molar-refractivity contribution in [2.24, 2.45) is 0 Å². The second-order valence-electron chi connectivity index (χ2n) is 4.97. The maximum Gasteiger partial charge on any atom is 0.416 e. The van der Waals surface area contributed by atoms with Crippen molar-refractivity contribution >= 4 is 5.65 Å². The zero-order valence-electron chi connectivity index (χ0n) is 11.6. The third-order valence-electron chi connectivity index (χ3n) is 3.47. The average molecular weight is 307 g/mol. The summed E-state index contributed by atoms with van der Waals surface area (Å²) in [7, 11) is 0. The van der Waals surface area contributed by atoms with E-state index in [0.29, 0.717) is 22.5 Å². The molecule has 0 amide bonds. The Morgan fingerprint density at radius 2 is 1.82 bits per heavy atom. The Hall–Kier alpha value is -2.57. The fourth-order valence-corrected chi connectivity index (χ4v) is 2.30. The van der Waals surface area contributed by atoms with Gasteiger partial charge in [0.05, 0.1) is 11.8 Å². The molecule has 2 heterocycles. The number of aromatic hydroxyl groups is 1. The van der Waals surface area contributed by atoms with Gasteiger partial charge >= 0.3 is 6.18 Å². The topological polar surface area (TPSA) is 50.4 Å². The lowest BCUT2D eigenvalue weighted by Crippen LogP contribution is -2.05. The van der Waals surface area contributed by atoms with E-state index in [1.807, 2.05) is 0 Å².